The van der Waals surface area contributed by atoms with Crippen molar-refractivity contribution in [2.75, 3.05) is 44.3 Å². The van der Waals surface area contributed by atoms with Gasteiger partial charge in [0.15, 0.2) is 5.13 Å². The van der Waals surface area contributed by atoms with Gasteiger partial charge in [0.2, 0.25) is 0 Å². The van der Waals surface area contributed by atoms with Crippen molar-refractivity contribution >= 4 is 22.4 Å². The number of aromatic nitrogens is 1. The third kappa shape index (κ3) is 4.48. The molecule has 0 saturated carbocycles. The maximum Gasteiger partial charge on any atom is 0.335 e. The molecular weight excluding hydrogens is 362 g/mol. The van der Waals surface area contributed by atoms with E-state index >= 15 is 0 Å². The van der Waals surface area contributed by atoms with Gasteiger partial charge in [-0.05, 0) is 43.0 Å². The zero-order valence-corrected chi connectivity index (χ0v) is 16.2. The van der Waals surface area contributed by atoms with Crippen LogP contribution in [0.15, 0.2) is 30.5 Å². The van der Waals surface area contributed by atoms with Gasteiger partial charge in [0, 0.05) is 37.3 Å². The molecule has 27 heavy (non-hydrogen) atoms. The molecule has 2 fully saturated rings. The summed E-state index contributed by atoms with van der Waals surface area (Å²) < 4.78 is 5.42. The van der Waals surface area contributed by atoms with Gasteiger partial charge in [0.25, 0.3) is 0 Å². The summed E-state index contributed by atoms with van der Waals surface area (Å²) in [7, 11) is 0. The highest BCUT2D eigenvalue weighted by atomic mass is 32.1. The molecule has 2 saturated heterocycles. The van der Waals surface area contributed by atoms with Gasteiger partial charge in [-0.3, -0.25) is 4.90 Å². The zero-order valence-electron chi connectivity index (χ0n) is 15.3. The van der Waals surface area contributed by atoms with E-state index in [9.17, 15) is 9.90 Å². The highest BCUT2D eigenvalue weighted by molar-refractivity contribution is 7.15. The fraction of sp³-hybridized carbons (Fsp3) is 0.500. The number of morpholine rings is 1. The first-order chi connectivity index (χ1) is 13.2. The van der Waals surface area contributed by atoms with E-state index in [1.54, 1.807) is 17.4 Å². The quantitative estimate of drug-likeness (QED) is 0.851. The summed E-state index contributed by atoms with van der Waals surface area (Å²) in [6, 6.07) is 7.41. The highest BCUT2D eigenvalue weighted by Gasteiger charge is 2.23. The van der Waals surface area contributed by atoms with Gasteiger partial charge in [0.05, 0.1) is 18.8 Å². The molecule has 7 heteroatoms. The number of anilines is 1. The van der Waals surface area contributed by atoms with Gasteiger partial charge in [-0.2, -0.15) is 0 Å². The Morgan fingerprint density at radius 1 is 1.30 bits per heavy atom. The monoisotopic (exact) mass is 387 g/mol. The summed E-state index contributed by atoms with van der Waals surface area (Å²) >= 11 is 1.78. The summed E-state index contributed by atoms with van der Waals surface area (Å²) in [6.45, 7) is 6.35. The molecule has 0 radical (unpaired) electrons. The zero-order chi connectivity index (χ0) is 18.6. The number of ether oxygens (including phenoxy) is 1. The Bertz CT molecular complexity index is 788. The number of aromatic carboxylic acids is 1. The number of carboxylic acids is 1. The van der Waals surface area contributed by atoms with Crippen molar-refractivity contribution in [3.05, 3.63) is 46.5 Å². The smallest absolute Gasteiger partial charge is 0.335 e. The van der Waals surface area contributed by atoms with Crippen LogP contribution in [0.1, 0.15) is 39.6 Å². The fourth-order valence-corrected chi connectivity index (χ4v) is 4.89. The Morgan fingerprint density at radius 3 is 2.96 bits per heavy atom. The van der Waals surface area contributed by atoms with Crippen LogP contribution < -0.4 is 4.90 Å². The second kappa shape index (κ2) is 8.37. The number of piperidine rings is 1. The number of nitrogens with zero attached hydrogens (tertiary/aromatic N) is 3. The van der Waals surface area contributed by atoms with E-state index in [1.807, 2.05) is 18.3 Å². The lowest BCUT2D eigenvalue weighted by Gasteiger charge is -2.32. The molecule has 2 aromatic rings. The topological polar surface area (TPSA) is 65.9 Å². The van der Waals surface area contributed by atoms with E-state index in [4.69, 9.17) is 4.74 Å². The summed E-state index contributed by atoms with van der Waals surface area (Å²) in [5, 5.41) is 10.3. The molecule has 0 amide bonds. The first kappa shape index (κ1) is 18.4. The largest absolute Gasteiger partial charge is 0.478 e. The predicted molar refractivity (Wildman–Crippen MR) is 106 cm³/mol. The molecule has 2 aliphatic heterocycles. The highest BCUT2D eigenvalue weighted by Crippen LogP contribution is 2.30. The Kier molecular flexibility index (Phi) is 5.71. The number of thiazole rings is 1. The average molecular weight is 388 g/mol. The molecule has 2 aliphatic rings. The second-order valence-corrected chi connectivity index (χ2v) is 8.31. The molecule has 4 rings (SSSR count). The van der Waals surface area contributed by atoms with Crippen LogP contribution in [-0.2, 0) is 11.3 Å². The first-order valence-electron chi connectivity index (χ1n) is 9.52. The SMILES string of the molecule is O=C(O)c1cccc([C@@H]2CCCN(Cc3cnc(N4CCOCC4)s3)C2)c1. The van der Waals surface area contributed by atoms with Crippen LogP contribution in [-0.4, -0.2) is 60.4 Å². The van der Waals surface area contributed by atoms with E-state index in [1.165, 1.54) is 4.88 Å². The fourth-order valence-electron chi connectivity index (χ4n) is 3.89. The van der Waals surface area contributed by atoms with Crippen LogP contribution in [0.2, 0.25) is 0 Å². The number of carbonyl (C=O) groups is 1. The second-order valence-electron chi connectivity index (χ2n) is 7.21. The molecule has 0 spiro atoms. The molecule has 6 nitrogen and oxygen atoms in total. The minimum atomic E-state index is -0.857. The van der Waals surface area contributed by atoms with Crippen LogP contribution >= 0.6 is 11.3 Å². The summed E-state index contributed by atoms with van der Waals surface area (Å²) in [6.07, 6.45) is 4.25. The first-order valence-corrected chi connectivity index (χ1v) is 10.3. The summed E-state index contributed by atoms with van der Waals surface area (Å²) in [5.74, 6) is -0.463. The van der Waals surface area contributed by atoms with Crippen molar-refractivity contribution in [1.82, 2.24) is 9.88 Å². The van der Waals surface area contributed by atoms with E-state index in [-0.39, 0.29) is 0 Å². The third-order valence-electron chi connectivity index (χ3n) is 5.31. The Balaban J connectivity index is 1.39. The number of hydrogen-bond donors (Lipinski definition) is 1. The van der Waals surface area contributed by atoms with Crippen molar-refractivity contribution in [2.45, 2.75) is 25.3 Å². The van der Waals surface area contributed by atoms with E-state index in [2.05, 4.69) is 20.9 Å². The Labute approximate surface area is 163 Å². The van der Waals surface area contributed by atoms with Gasteiger partial charge in [0.1, 0.15) is 0 Å². The van der Waals surface area contributed by atoms with Gasteiger partial charge in [-0.15, -0.1) is 11.3 Å². The van der Waals surface area contributed by atoms with Crippen LogP contribution in [0, 0.1) is 0 Å². The van der Waals surface area contributed by atoms with Crippen LogP contribution in [0.4, 0.5) is 5.13 Å². The van der Waals surface area contributed by atoms with Crippen LogP contribution in [0.25, 0.3) is 0 Å². The molecule has 0 bridgehead atoms. The van der Waals surface area contributed by atoms with Crippen molar-refractivity contribution in [2.24, 2.45) is 0 Å². The molecular formula is C20H25N3O3S. The normalized spacial score (nSPS) is 21.3. The lowest BCUT2D eigenvalue weighted by atomic mass is 9.89. The van der Waals surface area contributed by atoms with Crippen molar-refractivity contribution in [3.63, 3.8) is 0 Å². The maximum atomic E-state index is 11.2. The van der Waals surface area contributed by atoms with E-state index in [0.29, 0.717) is 11.5 Å². The van der Waals surface area contributed by atoms with Gasteiger partial charge < -0.3 is 14.7 Å². The number of likely N-dealkylation sites (tertiary alicyclic amines) is 1. The Morgan fingerprint density at radius 2 is 2.15 bits per heavy atom. The molecule has 0 unspecified atom stereocenters. The van der Waals surface area contributed by atoms with Gasteiger partial charge >= 0.3 is 5.97 Å². The number of carboxylic acid groups (broad SMARTS) is 1. The standard InChI is InChI=1S/C20H25N3O3S/c24-19(25)16-4-1-3-15(11-16)17-5-2-6-22(13-17)14-18-12-21-20(27-18)23-7-9-26-10-8-23/h1,3-4,11-12,17H,2,5-10,13-14H2,(H,24,25)/t17-/m1/s1. The Hall–Kier alpha value is -1.96. The average Bonchev–Trinajstić information content (AvgIpc) is 3.17. The van der Waals surface area contributed by atoms with Crippen LogP contribution in [0.3, 0.4) is 0 Å². The molecule has 1 atom stereocenters. The minimum Gasteiger partial charge on any atom is -0.478 e. The molecule has 1 N–H and O–H groups in total. The van der Waals surface area contributed by atoms with Crippen LogP contribution in [0.5, 0.6) is 0 Å². The molecule has 3 heterocycles. The van der Waals surface area contributed by atoms with Crippen molar-refractivity contribution < 1.29 is 14.6 Å². The van der Waals surface area contributed by atoms with Crippen molar-refractivity contribution in [3.8, 4) is 0 Å². The van der Waals surface area contributed by atoms with Gasteiger partial charge in [-0.1, -0.05) is 12.1 Å². The molecule has 144 valence electrons. The lowest BCUT2D eigenvalue weighted by molar-refractivity contribution is 0.0696. The molecule has 0 aliphatic carbocycles. The maximum absolute atomic E-state index is 11.2. The van der Waals surface area contributed by atoms with Crippen molar-refractivity contribution in [1.29, 1.82) is 0 Å². The number of hydrogen-bond acceptors (Lipinski definition) is 6. The summed E-state index contributed by atoms with van der Waals surface area (Å²) in [4.78, 5) is 21.9. The minimum absolute atomic E-state index is 0.377. The van der Waals surface area contributed by atoms with E-state index in [0.717, 1.165) is 69.5 Å². The molecule has 1 aromatic carbocycles. The van der Waals surface area contributed by atoms with Gasteiger partial charge in [-0.25, -0.2) is 9.78 Å². The molecule has 1 aromatic heterocycles. The third-order valence-corrected chi connectivity index (χ3v) is 6.36. The predicted octanol–water partition coefficient (Wildman–Crippen LogP) is 3.06. The number of rotatable bonds is 5. The number of benzene rings is 1. The summed E-state index contributed by atoms with van der Waals surface area (Å²) in [5.41, 5.74) is 1.51. The van der Waals surface area contributed by atoms with E-state index < -0.39 is 5.97 Å². The lowest BCUT2D eigenvalue weighted by Crippen LogP contribution is -2.36.